The van der Waals surface area contributed by atoms with E-state index in [2.05, 4.69) is 0 Å². The normalized spacial score (nSPS) is 14.4. The van der Waals surface area contributed by atoms with Gasteiger partial charge in [0.2, 0.25) is 0 Å². The van der Waals surface area contributed by atoms with Crippen molar-refractivity contribution in [2.45, 2.75) is 31.3 Å². The summed E-state index contributed by atoms with van der Waals surface area (Å²) >= 11 is 0. The van der Waals surface area contributed by atoms with E-state index in [9.17, 15) is 24.0 Å². The summed E-state index contributed by atoms with van der Waals surface area (Å²) in [7, 11) is 0. The summed E-state index contributed by atoms with van der Waals surface area (Å²) in [5.74, 6) is -3.39. The summed E-state index contributed by atoms with van der Waals surface area (Å²) < 4.78 is 9.67. The van der Waals surface area contributed by atoms with Gasteiger partial charge in [-0.15, -0.1) is 0 Å². The molecule has 0 radical (unpaired) electrons. The lowest BCUT2D eigenvalue weighted by Crippen LogP contribution is -2.48. The Hall–Kier alpha value is -3.65. The van der Waals surface area contributed by atoms with Crippen molar-refractivity contribution in [3.05, 3.63) is 40.2 Å². The molecule has 1 heterocycles. The average Bonchev–Trinajstić information content (AvgIpc) is 2.70. The number of hydrogen-bond acceptors (Lipinski definition) is 11. The molecule has 0 bridgehead atoms. The Balaban J connectivity index is 0.000000330. The Labute approximate surface area is 172 Å². The van der Waals surface area contributed by atoms with Gasteiger partial charge >= 0.3 is 23.5 Å². The van der Waals surface area contributed by atoms with Crippen LogP contribution >= 0.6 is 0 Å². The zero-order valence-electron chi connectivity index (χ0n) is 15.7. The average molecular weight is 442 g/mol. The Bertz CT molecular complexity index is 1020. The third kappa shape index (κ3) is 6.97. The molecular weight excluding hydrogens is 424 g/mol. The van der Waals surface area contributed by atoms with Crippen molar-refractivity contribution in [2.24, 2.45) is 0 Å². The van der Waals surface area contributed by atoms with E-state index in [4.69, 9.17) is 39.8 Å². The molecule has 2 rings (SSSR count). The summed E-state index contributed by atoms with van der Waals surface area (Å²) in [6, 6.07) is 5.54. The molecule has 0 saturated carbocycles. The molecule has 4 atom stereocenters. The maximum absolute atomic E-state index is 11.4. The Kier molecular flexibility index (Phi) is 8.96. The summed E-state index contributed by atoms with van der Waals surface area (Å²) in [5.41, 5.74) is -1.23. The number of fused-ring (bicyclic) bond motifs is 1. The standard InChI is InChI=1S/C12H8O6.C6H10O7/c1-6(13)17-8-3-2-7-4-9(11(14)15)12(16)18-10(7)5-8;7-1-2(8)3(9)4(10)5(11)6(12)13/h2-5H,1H3,(H,14,15);1-5,8-11H,(H,12,13)/t;2-,3+,4+,5-/m.0/s1. The van der Waals surface area contributed by atoms with Crippen LogP contribution in [0.1, 0.15) is 17.3 Å². The van der Waals surface area contributed by atoms with Crippen LogP contribution in [0.5, 0.6) is 5.75 Å². The molecule has 0 saturated heterocycles. The highest BCUT2D eigenvalue weighted by Gasteiger charge is 2.34. The first kappa shape index (κ1) is 25.4. The molecule has 168 valence electrons. The number of carbonyl (C=O) groups excluding carboxylic acids is 2. The summed E-state index contributed by atoms with van der Waals surface area (Å²) in [6.45, 7) is 1.24. The first-order chi connectivity index (χ1) is 14.4. The van der Waals surface area contributed by atoms with Crippen molar-refractivity contribution in [1.82, 2.24) is 0 Å². The molecule has 0 fully saturated rings. The van der Waals surface area contributed by atoms with E-state index in [1.54, 1.807) is 0 Å². The largest absolute Gasteiger partial charge is 0.479 e. The first-order valence-corrected chi connectivity index (χ1v) is 8.29. The van der Waals surface area contributed by atoms with Crippen LogP contribution < -0.4 is 10.4 Å². The maximum Gasteiger partial charge on any atom is 0.351 e. The van der Waals surface area contributed by atoms with Gasteiger partial charge in [-0.3, -0.25) is 4.79 Å². The molecule has 31 heavy (non-hydrogen) atoms. The van der Waals surface area contributed by atoms with E-state index >= 15 is 0 Å². The van der Waals surface area contributed by atoms with Crippen LogP contribution in [0.2, 0.25) is 0 Å². The highest BCUT2D eigenvalue weighted by molar-refractivity contribution is 5.91. The fourth-order valence-corrected chi connectivity index (χ4v) is 2.09. The Morgan fingerprint density at radius 3 is 2.13 bits per heavy atom. The number of benzene rings is 1. The molecule has 13 heteroatoms. The second-order valence-corrected chi connectivity index (χ2v) is 5.94. The molecule has 2 aromatic rings. The molecule has 0 aliphatic rings. The molecule has 13 nitrogen and oxygen atoms in total. The monoisotopic (exact) mass is 442 g/mol. The van der Waals surface area contributed by atoms with Gasteiger partial charge in [0.1, 0.15) is 35.2 Å². The molecule has 1 aromatic heterocycles. The zero-order valence-corrected chi connectivity index (χ0v) is 15.7. The lowest BCUT2D eigenvalue weighted by atomic mass is 10.0. The topological polar surface area (TPSA) is 229 Å². The van der Waals surface area contributed by atoms with E-state index in [0.717, 1.165) is 0 Å². The number of aliphatic carboxylic acids is 1. The molecule has 6 N–H and O–H groups in total. The number of aliphatic hydroxyl groups excluding tert-OH is 4. The number of rotatable bonds is 7. The van der Waals surface area contributed by atoms with Crippen molar-refractivity contribution < 1.29 is 59.0 Å². The highest BCUT2D eigenvalue weighted by atomic mass is 16.5. The van der Waals surface area contributed by atoms with Crippen molar-refractivity contribution in [3.63, 3.8) is 0 Å². The predicted octanol–water partition coefficient (Wildman–Crippen LogP) is -1.87. The molecule has 0 aliphatic heterocycles. The molecule has 0 spiro atoms. The molecule has 0 amide bonds. The van der Waals surface area contributed by atoms with Crippen molar-refractivity contribution in [2.75, 3.05) is 0 Å². The van der Waals surface area contributed by atoms with Crippen LogP contribution in [0.3, 0.4) is 0 Å². The van der Waals surface area contributed by atoms with E-state index in [1.165, 1.54) is 31.2 Å². The van der Waals surface area contributed by atoms with Gasteiger partial charge in [0.05, 0.1) is 0 Å². The minimum atomic E-state index is -2.25. The van der Waals surface area contributed by atoms with Gasteiger partial charge in [-0.2, -0.15) is 0 Å². The molecule has 0 unspecified atom stereocenters. The SMILES string of the molecule is CC(=O)Oc1ccc2cc(C(=O)O)c(=O)oc2c1.O=C[C@H](O)[C@@H](O)[C@@H](O)[C@H](O)C(=O)O. The van der Waals surface area contributed by atoms with Gasteiger partial charge in [0.25, 0.3) is 0 Å². The summed E-state index contributed by atoms with van der Waals surface area (Å²) in [6.07, 6.45) is -8.39. The fourth-order valence-electron chi connectivity index (χ4n) is 2.09. The molecular formula is C18H18O13. The lowest BCUT2D eigenvalue weighted by molar-refractivity contribution is -0.163. The lowest BCUT2D eigenvalue weighted by Gasteiger charge is -2.21. The number of aromatic carboxylic acids is 1. The van der Waals surface area contributed by atoms with E-state index in [1.807, 2.05) is 0 Å². The second kappa shape index (κ2) is 10.9. The van der Waals surface area contributed by atoms with Gasteiger partial charge < -0.3 is 44.6 Å². The minimum Gasteiger partial charge on any atom is -0.479 e. The maximum atomic E-state index is 11.4. The third-order valence-electron chi connectivity index (χ3n) is 3.62. The van der Waals surface area contributed by atoms with Crippen LogP contribution in [0.15, 0.2) is 33.5 Å². The number of carbonyl (C=O) groups is 4. The number of carboxylic acids is 2. The number of aliphatic hydroxyl groups is 4. The highest BCUT2D eigenvalue weighted by Crippen LogP contribution is 2.20. The number of hydrogen-bond donors (Lipinski definition) is 6. The van der Waals surface area contributed by atoms with Crippen molar-refractivity contribution >= 4 is 35.2 Å². The molecule has 1 aromatic carbocycles. The van der Waals surface area contributed by atoms with Crippen molar-refractivity contribution in [1.29, 1.82) is 0 Å². The van der Waals surface area contributed by atoms with Crippen LogP contribution in [-0.4, -0.2) is 79.2 Å². The smallest absolute Gasteiger partial charge is 0.351 e. The quantitative estimate of drug-likeness (QED) is 0.120. The van der Waals surface area contributed by atoms with Crippen LogP contribution in [-0.2, 0) is 14.4 Å². The van der Waals surface area contributed by atoms with Crippen LogP contribution in [0.4, 0.5) is 0 Å². The number of ether oxygens (including phenoxy) is 1. The third-order valence-corrected chi connectivity index (χ3v) is 3.62. The van der Waals surface area contributed by atoms with Gasteiger partial charge in [0.15, 0.2) is 12.4 Å². The van der Waals surface area contributed by atoms with Gasteiger partial charge in [-0.25, -0.2) is 14.4 Å². The number of esters is 1. The first-order valence-electron chi connectivity index (χ1n) is 8.29. The number of aldehydes is 1. The van der Waals surface area contributed by atoms with Gasteiger partial charge in [-0.1, -0.05) is 0 Å². The minimum absolute atomic E-state index is 0.0809. The van der Waals surface area contributed by atoms with E-state index in [0.29, 0.717) is 5.39 Å². The van der Waals surface area contributed by atoms with Gasteiger partial charge in [-0.05, 0) is 18.2 Å². The second-order valence-electron chi connectivity index (χ2n) is 5.94. The summed E-state index contributed by atoms with van der Waals surface area (Å²) in [4.78, 5) is 52.8. The zero-order chi connectivity index (χ0) is 23.9. The van der Waals surface area contributed by atoms with E-state index in [-0.39, 0.29) is 17.6 Å². The van der Waals surface area contributed by atoms with Crippen molar-refractivity contribution in [3.8, 4) is 5.75 Å². The van der Waals surface area contributed by atoms with Crippen LogP contribution in [0.25, 0.3) is 11.0 Å². The summed E-state index contributed by atoms with van der Waals surface area (Å²) in [5, 5.41) is 52.4. The Morgan fingerprint density at radius 2 is 1.65 bits per heavy atom. The predicted molar refractivity (Wildman–Crippen MR) is 98.5 cm³/mol. The fraction of sp³-hybridized carbons (Fsp3) is 0.278. The van der Waals surface area contributed by atoms with E-state index < -0.39 is 53.5 Å². The Morgan fingerprint density at radius 1 is 1.03 bits per heavy atom. The number of carboxylic acid groups (broad SMARTS) is 2. The molecule has 0 aliphatic carbocycles. The van der Waals surface area contributed by atoms with Gasteiger partial charge in [0, 0.05) is 18.4 Å². The van der Waals surface area contributed by atoms with Crippen LogP contribution in [0, 0.1) is 0 Å².